The van der Waals surface area contributed by atoms with Gasteiger partial charge in [0, 0.05) is 30.4 Å². The number of amides is 1. The van der Waals surface area contributed by atoms with E-state index in [9.17, 15) is 14.7 Å². The number of fused-ring (bicyclic) bond motifs is 1. The number of hydrogen-bond acceptors (Lipinski definition) is 7. The van der Waals surface area contributed by atoms with Crippen LogP contribution in [-0.2, 0) is 6.54 Å². The Morgan fingerprint density at radius 2 is 1.97 bits per heavy atom. The minimum absolute atomic E-state index is 0.0546. The van der Waals surface area contributed by atoms with Crippen molar-refractivity contribution < 1.29 is 9.90 Å². The third kappa shape index (κ3) is 3.98. The van der Waals surface area contributed by atoms with Crippen LogP contribution in [0.2, 0.25) is 0 Å². The highest BCUT2D eigenvalue weighted by Crippen LogP contribution is 2.25. The molecule has 0 bridgehead atoms. The Bertz CT molecular complexity index is 1190. The second kappa shape index (κ2) is 7.12. The normalized spacial score (nSPS) is 14.1. The summed E-state index contributed by atoms with van der Waals surface area (Å²) >= 11 is 0. The molecule has 3 aromatic rings. The molecule has 0 aromatic carbocycles. The van der Waals surface area contributed by atoms with E-state index < -0.39 is 17.3 Å². The van der Waals surface area contributed by atoms with Crippen LogP contribution in [0.4, 0.5) is 11.6 Å². The summed E-state index contributed by atoms with van der Waals surface area (Å²) in [5.41, 5.74) is 0.0720. The summed E-state index contributed by atoms with van der Waals surface area (Å²) in [7, 11) is 0. The van der Waals surface area contributed by atoms with E-state index in [1.165, 1.54) is 15.4 Å². The van der Waals surface area contributed by atoms with Crippen molar-refractivity contribution in [3.05, 3.63) is 40.1 Å². The van der Waals surface area contributed by atoms with Gasteiger partial charge in [-0.15, -0.1) is 5.10 Å². The summed E-state index contributed by atoms with van der Waals surface area (Å²) in [6.07, 6.45) is 3.18. The maximum absolute atomic E-state index is 13.2. The first-order valence-corrected chi connectivity index (χ1v) is 9.84. The minimum atomic E-state index is -0.582. The highest BCUT2D eigenvalue weighted by atomic mass is 16.3. The molecule has 158 valence electrons. The minimum Gasteiger partial charge on any atom is -0.492 e. The van der Waals surface area contributed by atoms with Crippen LogP contribution in [0.1, 0.15) is 49.7 Å². The summed E-state index contributed by atoms with van der Waals surface area (Å²) in [4.78, 5) is 34.1. The maximum atomic E-state index is 13.2. The first-order valence-electron chi connectivity index (χ1n) is 9.84. The zero-order valence-corrected chi connectivity index (χ0v) is 17.4. The van der Waals surface area contributed by atoms with E-state index >= 15 is 0 Å². The van der Waals surface area contributed by atoms with Gasteiger partial charge < -0.3 is 15.7 Å². The number of nitrogens with one attached hydrogen (secondary N) is 2. The van der Waals surface area contributed by atoms with Crippen molar-refractivity contribution in [1.82, 2.24) is 29.5 Å². The largest absolute Gasteiger partial charge is 0.492 e. The molecule has 0 saturated heterocycles. The van der Waals surface area contributed by atoms with Gasteiger partial charge in [0.05, 0.1) is 0 Å². The van der Waals surface area contributed by atoms with Gasteiger partial charge in [0.15, 0.2) is 11.4 Å². The summed E-state index contributed by atoms with van der Waals surface area (Å²) < 4.78 is 2.69. The first kappa shape index (κ1) is 19.9. The van der Waals surface area contributed by atoms with E-state index in [2.05, 4.69) is 25.7 Å². The summed E-state index contributed by atoms with van der Waals surface area (Å²) in [5, 5.41) is 20.9. The molecule has 10 nitrogen and oxygen atoms in total. The van der Waals surface area contributed by atoms with Gasteiger partial charge in [0.25, 0.3) is 11.5 Å². The lowest BCUT2D eigenvalue weighted by molar-refractivity contribution is 0.0944. The molecule has 1 amide bonds. The number of aromatic nitrogens is 5. The third-order valence-corrected chi connectivity index (χ3v) is 4.68. The predicted molar refractivity (Wildman–Crippen MR) is 111 cm³/mol. The summed E-state index contributed by atoms with van der Waals surface area (Å²) in [5.74, 6) is -0.154. The van der Waals surface area contributed by atoms with Crippen LogP contribution in [-0.4, -0.2) is 41.2 Å². The number of carbonyl (C=O) groups excluding carboxylic acids is 1. The molecular weight excluding hydrogens is 386 g/mol. The molecule has 10 heteroatoms. The molecule has 0 aliphatic heterocycles. The topological polar surface area (TPSA) is 126 Å². The van der Waals surface area contributed by atoms with Gasteiger partial charge in [0.1, 0.15) is 17.8 Å². The van der Waals surface area contributed by atoms with E-state index in [-0.39, 0.29) is 17.0 Å². The van der Waals surface area contributed by atoms with E-state index in [0.29, 0.717) is 23.8 Å². The van der Waals surface area contributed by atoms with Crippen LogP contribution in [0.15, 0.2) is 23.3 Å². The van der Waals surface area contributed by atoms with Crippen LogP contribution in [0, 0.1) is 12.3 Å². The lowest BCUT2D eigenvalue weighted by atomic mass is 9.97. The molecule has 0 atom stereocenters. The summed E-state index contributed by atoms with van der Waals surface area (Å²) in [6, 6.07) is 3.45. The molecule has 4 rings (SSSR count). The van der Waals surface area contributed by atoms with Crippen LogP contribution in [0.3, 0.4) is 0 Å². The van der Waals surface area contributed by atoms with Crippen LogP contribution in [0.5, 0.6) is 5.88 Å². The van der Waals surface area contributed by atoms with Gasteiger partial charge in [-0.2, -0.15) is 4.52 Å². The van der Waals surface area contributed by atoms with Crippen molar-refractivity contribution in [3.63, 3.8) is 0 Å². The van der Waals surface area contributed by atoms with Crippen molar-refractivity contribution in [2.75, 3.05) is 5.32 Å². The number of carbonyl (C=O) groups is 1. The Morgan fingerprint density at radius 3 is 2.60 bits per heavy atom. The average molecular weight is 411 g/mol. The van der Waals surface area contributed by atoms with Crippen LogP contribution in [0.25, 0.3) is 5.65 Å². The Hall–Kier alpha value is -3.43. The van der Waals surface area contributed by atoms with Crippen LogP contribution >= 0.6 is 0 Å². The number of hydrogen-bond donors (Lipinski definition) is 3. The number of aromatic hydroxyl groups is 1. The fourth-order valence-corrected chi connectivity index (χ4v) is 3.19. The molecule has 0 radical (unpaired) electrons. The Labute approximate surface area is 173 Å². The molecule has 1 aliphatic carbocycles. The van der Waals surface area contributed by atoms with E-state index in [1.54, 1.807) is 12.1 Å². The van der Waals surface area contributed by atoms with Crippen molar-refractivity contribution in [2.45, 2.75) is 53.1 Å². The zero-order chi connectivity index (χ0) is 21.6. The van der Waals surface area contributed by atoms with Crippen molar-refractivity contribution in [1.29, 1.82) is 0 Å². The molecule has 0 unspecified atom stereocenters. The lowest BCUT2D eigenvalue weighted by Gasteiger charge is -2.21. The molecule has 1 aliphatic rings. The van der Waals surface area contributed by atoms with Crippen molar-refractivity contribution >= 4 is 23.2 Å². The smallest absolute Gasteiger partial charge is 0.270 e. The molecular formula is C20H25N7O3. The van der Waals surface area contributed by atoms with Gasteiger partial charge in [-0.05, 0) is 25.2 Å². The molecule has 3 N–H and O–H groups in total. The molecule has 30 heavy (non-hydrogen) atoms. The number of aryl methyl sites for hydroxylation is 1. The number of rotatable bonds is 5. The van der Waals surface area contributed by atoms with Crippen molar-refractivity contribution in [2.24, 2.45) is 5.41 Å². The monoisotopic (exact) mass is 411 g/mol. The quantitative estimate of drug-likeness (QED) is 0.586. The van der Waals surface area contributed by atoms with E-state index in [4.69, 9.17) is 0 Å². The van der Waals surface area contributed by atoms with E-state index in [0.717, 1.165) is 18.5 Å². The predicted octanol–water partition coefficient (Wildman–Crippen LogP) is 1.98. The molecule has 1 saturated carbocycles. The van der Waals surface area contributed by atoms with Crippen molar-refractivity contribution in [3.8, 4) is 5.88 Å². The molecule has 3 aromatic heterocycles. The highest BCUT2D eigenvalue weighted by molar-refractivity contribution is 5.96. The third-order valence-electron chi connectivity index (χ3n) is 4.68. The van der Waals surface area contributed by atoms with Gasteiger partial charge in [0.2, 0.25) is 5.88 Å². The summed E-state index contributed by atoms with van der Waals surface area (Å²) in [6.45, 7) is 8.16. The SMILES string of the molecule is Cc1cc(Nc2cc3n(CC(C)(C)C)c(=O)c(C(=O)NC4CC4)c(O)n3n2)ncn1. The second-order valence-corrected chi connectivity index (χ2v) is 8.87. The fourth-order valence-electron chi connectivity index (χ4n) is 3.19. The lowest BCUT2D eigenvalue weighted by Crippen LogP contribution is -2.37. The van der Waals surface area contributed by atoms with Gasteiger partial charge in [-0.25, -0.2) is 9.97 Å². The van der Waals surface area contributed by atoms with E-state index in [1.807, 2.05) is 27.7 Å². The Kier molecular flexibility index (Phi) is 4.71. The maximum Gasteiger partial charge on any atom is 0.270 e. The Morgan fingerprint density at radius 1 is 1.23 bits per heavy atom. The zero-order valence-electron chi connectivity index (χ0n) is 17.4. The molecule has 3 heterocycles. The Balaban J connectivity index is 1.85. The van der Waals surface area contributed by atoms with Crippen LogP contribution < -0.4 is 16.2 Å². The average Bonchev–Trinajstić information content (AvgIpc) is 3.34. The molecule has 1 fully saturated rings. The number of nitrogens with zero attached hydrogens (tertiary/aromatic N) is 5. The molecule has 0 spiro atoms. The first-order chi connectivity index (χ1) is 14.1. The standard InChI is InChI=1S/C20H25N7O3/c1-11-7-13(22-10-21-11)24-14-8-15-26(9-20(2,3)4)18(29)16(19(30)27(15)25-14)17(28)23-12-5-6-12/h7-8,10,12,30H,5-6,9H2,1-4H3,(H,23,28)(H,21,22,24,25). The number of anilines is 2. The van der Waals surface area contributed by atoms with Gasteiger partial charge in [-0.1, -0.05) is 20.8 Å². The van der Waals surface area contributed by atoms with Gasteiger partial charge >= 0.3 is 0 Å². The van der Waals surface area contributed by atoms with Gasteiger partial charge in [-0.3, -0.25) is 14.2 Å². The fraction of sp³-hybridized carbons (Fsp3) is 0.450. The second-order valence-electron chi connectivity index (χ2n) is 8.87. The highest BCUT2D eigenvalue weighted by Gasteiger charge is 2.30.